The lowest BCUT2D eigenvalue weighted by Crippen LogP contribution is -2.24. The molecule has 1 aromatic heterocycles. The minimum Gasteiger partial charge on any atom is -0.495 e. The maximum absolute atomic E-state index is 12.2. The van der Waals surface area contributed by atoms with Crippen LogP contribution in [0.4, 0.5) is 5.69 Å². The summed E-state index contributed by atoms with van der Waals surface area (Å²) in [7, 11) is 5.62. The van der Waals surface area contributed by atoms with Gasteiger partial charge in [-0.3, -0.25) is 9.36 Å². The fraction of sp³-hybridized carbons (Fsp3) is 0.250. The zero-order chi connectivity index (χ0) is 19.9. The van der Waals surface area contributed by atoms with Crippen molar-refractivity contribution in [3.63, 3.8) is 0 Å². The van der Waals surface area contributed by atoms with Crippen LogP contribution in [-0.2, 0) is 11.3 Å². The second kappa shape index (κ2) is 9.27. The first-order valence-electron chi connectivity index (χ1n) is 8.77. The molecule has 0 aliphatic heterocycles. The van der Waals surface area contributed by atoms with Gasteiger partial charge < -0.3 is 15.0 Å². The van der Waals surface area contributed by atoms with Gasteiger partial charge in [0.05, 0.1) is 18.6 Å². The molecule has 0 radical (unpaired) electrons. The number of amides is 1. The van der Waals surface area contributed by atoms with E-state index in [1.54, 1.807) is 13.4 Å². The molecule has 0 saturated carbocycles. The number of nitrogens with zero attached hydrogens (tertiary/aromatic N) is 4. The molecule has 0 fully saturated rings. The van der Waals surface area contributed by atoms with Crippen LogP contribution in [0, 0.1) is 0 Å². The normalized spacial score (nSPS) is 10.5. The Morgan fingerprint density at radius 1 is 1.18 bits per heavy atom. The van der Waals surface area contributed by atoms with E-state index in [0.29, 0.717) is 11.7 Å². The van der Waals surface area contributed by atoms with Crippen LogP contribution in [0.3, 0.4) is 0 Å². The zero-order valence-electron chi connectivity index (χ0n) is 16.1. The second-order valence-electron chi connectivity index (χ2n) is 6.28. The van der Waals surface area contributed by atoms with Gasteiger partial charge in [0.2, 0.25) is 5.91 Å². The Balaban J connectivity index is 1.56. The molecule has 0 atom stereocenters. The van der Waals surface area contributed by atoms with Gasteiger partial charge in [-0.1, -0.05) is 36.0 Å². The molecule has 0 unspecified atom stereocenters. The largest absolute Gasteiger partial charge is 0.495 e. The number of rotatable bonds is 8. The van der Waals surface area contributed by atoms with Gasteiger partial charge >= 0.3 is 0 Å². The number of methoxy groups -OCH3 is 1. The van der Waals surface area contributed by atoms with Crippen LogP contribution < -0.4 is 15.0 Å². The van der Waals surface area contributed by atoms with Crippen LogP contribution in [0.1, 0.15) is 5.56 Å². The van der Waals surface area contributed by atoms with Crippen molar-refractivity contribution in [2.24, 2.45) is 0 Å². The summed E-state index contributed by atoms with van der Waals surface area (Å²) < 4.78 is 7.21. The van der Waals surface area contributed by atoms with Crippen LogP contribution in [0.15, 0.2) is 60.0 Å². The van der Waals surface area contributed by atoms with E-state index >= 15 is 0 Å². The summed E-state index contributed by atoms with van der Waals surface area (Å²) >= 11 is 1.33. The smallest absolute Gasteiger partial charge is 0.230 e. The molecule has 1 heterocycles. The molecule has 3 aromatic rings. The average molecular weight is 398 g/mol. The Bertz CT molecular complexity index is 924. The predicted molar refractivity (Wildman–Crippen MR) is 111 cm³/mol. The Morgan fingerprint density at radius 2 is 1.93 bits per heavy atom. The molecule has 7 nitrogen and oxygen atoms in total. The van der Waals surface area contributed by atoms with Gasteiger partial charge in [-0.05, 0) is 29.8 Å². The van der Waals surface area contributed by atoms with Gasteiger partial charge in [-0.15, -0.1) is 10.2 Å². The summed E-state index contributed by atoms with van der Waals surface area (Å²) in [6.45, 7) is 0.492. The predicted octanol–water partition coefficient (Wildman–Crippen LogP) is 2.75. The minimum atomic E-state index is -0.0590. The molecule has 2 aromatic carbocycles. The third-order valence-electron chi connectivity index (χ3n) is 4.14. The third kappa shape index (κ3) is 4.83. The lowest BCUT2D eigenvalue weighted by molar-refractivity contribution is -0.118. The van der Waals surface area contributed by atoms with Crippen LogP contribution in [0.2, 0.25) is 0 Å². The third-order valence-corrected chi connectivity index (χ3v) is 5.08. The number of hydrogen-bond acceptors (Lipinski definition) is 6. The highest BCUT2D eigenvalue weighted by Crippen LogP contribution is 2.26. The Kier molecular flexibility index (Phi) is 6.54. The molecular formula is C20H23N5O2S. The van der Waals surface area contributed by atoms with E-state index in [1.807, 2.05) is 72.1 Å². The number of hydrogen-bond donors (Lipinski definition) is 1. The number of para-hydroxylation sites is 2. The van der Waals surface area contributed by atoms with E-state index in [0.717, 1.165) is 22.7 Å². The SMILES string of the molecule is COc1ccccc1-n1cnnc1SCC(=O)NCc1ccc(N(C)C)cc1. The minimum absolute atomic E-state index is 0.0590. The molecule has 1 N–H and O–H groups in total. The highest BCUT2D eigenvalue weighted by atomic mass is 32.2. The number of aromatic nitrogens is 3. The first kappa shape index (κ1) is 19.8. The summed E-state index contributed by atoms with van der Waals surface area (Å²) in [6, 6.07) is 15.7. The van der Waals surface area contributed by atoms with Crippen LogP contribution >= 0.6 is 11.8 Å². The van der Waals surface area contributed by atoms with Crippen molar-refractivity contribution in [3.05, 3.63) is 60.4 Å². The Labute approximate surface area is 168 Å². The van der Waals surface area contributed by atoms with E-state index < -0.39 is 0 Å². The molecule has 0 aliphatic rings. The highest BCUT2D eigenvalue weighted by Gasteiger charge is 2.13. The lowest BCUT2D eigenvalue weighted by Gasteiger charge is -2.13. The summed E-state index contributed by atoms with van der Waals surface area (Å²) in [5, 5.41) is 11.7. The number of benzene rings is 2. The fourth-order valence-corrected chi connectivity index (χ4v) is 3.36. The average Bonchev–Trinajstić information content (AvgIpc) is 3.19. The van der Waals surface area contributed by atoms with Crippen molar-refractivity contribution in [2.45, 2.75) is 11.7 Å². The number of ether oxygens (including phenoxy) is 1. The lowest BCUT2D eigenvalue weighted by atomic mass is 10.2. The van der Waals surface area contributed by atoms with Gasteiger partial charge in [-0.2, -0.15) is 0 Å². The van der Waals surface area contributed by atoms with Crippen molar-refractivity contribution in [1.29, 1.82) is 0 Å². The van der Waals surface area contributed by atoms with Crippen molar-refractivity contribution in [2.75, 3.05) is 31.9 Å². The van der Waals surface area contributed by atoms with E-state index in [9.17, 15) is 4.79 Å². The monoisotopic (exact) mass is 397 g/mol. The molecule has 0 saturated heterocycles. The highest BCUT2D eigenvalue weighted by molar-refractivity contribution is 7.99. The quantitative estimate of drug-likeness (QED) is 0.590. The van der Waals surface area contributed by atoms with E-state index in [-0.39, 0.29) is 11.7 Å². The maximum atomic E-state index is 12.2. The maximum Gasteiger partial charge on any atom is 0.230 e. The van der Waals surface area contributed by atoms with Crippen LogP contribution in [0.5, 0.6) is 5.75 Å². The molecule has 0 spiro atoms. The first-order valence-corrected chi connectivity index (χ1v) is 9.76. The Morgan fingerprint density at radius 3 is 2.64 bits per heavy atom. The summed E-state index contributed by atoms with van der Waals surface area (Å²) in [6.07, 6.45) is 1.62. The van der Waals surface area contributed by atoms with Gasteiger partial charge in [0.1, 0.15) is 12.1 Å². The van der Waals surface area contributed by atoms with Crippen molar-refractivity contribution in [3.8, 4) is 11.4 Å². The molecule has 28 heavy (non-hydrogen) atoms. The second-order valence-corrected chi connectivity index (χ2v) is 7.22. The van der Waals surface area contributed by atoms with Crippen LogP contribution in [-0.4, -0.2) is 47.6 Å². The van der Waals surface area contributed by atoms with Crippen LogP contribution in [0.25, 0.3) is 5.69 Å². The number of thioether (sulfide) groups is 1. The standard InChI is InChI=1S/C20H23N5O2S/c1-24(2)16-10-8-15(9-11-16)12-21-19(26)13-28-20-23-22-14-25(20)17-6-4-5-7-18(17)27-3/h4-11,14H,12-13H2,1-3H3,(H,21,26). The molecule has 3 rings (SSSR count). The topological polar surface area (TPSA) is 72.3 Å². The number of anilines is 1. The molecule has 8 heteroatoms. The fourth-order valence-electron chi connectivity index (χ4n) is 2.61. The number of carbonyl (C=O) groups is 1. The van der Waals surface area contributed by atoms with Gasteiger partial charge in [0.25, 0.3) is 0 Å². The molecule has 0 bridgehead atoms. The van der Waals surface area contributed by atoms with Crippen molar-refractivity contribution in [1.82, 2.24) is 20.1 Å². The summed E-state index contributed by atoms with van der Waals surface area (Å²) in [5.41, 5.74) is 3.02. The van der Waals surface area contributed by atoms with E-state index in [2.05, 4.69) is 15.5 Å². The van der Waals surface area contributed by atoms with E-state index in [1.165, 1.54) is 11.8 Å². The molecular weight excluding hydrogens is 374 g/mol. The van der Waals surface area contributed by atoms with Gasteiger partial charge in [-0.25, -0.2) is 0 Å². The van der Waals surface area contributed by atoms with Gasteiger partial charge in [0.15, 0.2) is 5.16 Å². The molecule has 1 amide bonds. The zero-order valence-corrected chi connectivity index (χ0v) is 16.9. The first-order chi connectivity index (χ1) is 13.6. The van der Waals surface area contributed by atoms with E-state index in [4.69, 9.17) is 4.74 Å². The number of nitrogens with one attached hydrogen (secondary N) is 1. The van der Waals surface area contributed by atoms with Gasteiger partial charge in [0, 0.05) is 26.3 Å². The molecule has 0 aliphatic carbocycles. The van der Waals surface area contributed by atoms with Crippen molar-refractivity contribution < 1.29 is 9.53 Å². The molecule has 146 valence electrons. The summed E-state index contributed by atoms with van der Waals surface area (Å²) in [4.78, 5) is 14.3. The Hall–Kier alpha value is -3.00. The number of carbonyl (C=O) groups excluding carboxylic acids is 1. The van der Waals surface area contributed by atoms with Crippen molar-refractivity contribution >= 4 is 23.4 Å². The summed E-state index contributed by atoms with van der Waals surface area (Å²) in [5.74, 6) is 0.912.